The summed E-state index contributed by atoms with van der Waals surface area (Å²) >= 11 is 0. The van der Waals surface area contributed by atoms with Crippen molar-refractivity contribution in [2.45, 2.75) is 31.1 Å². The lowest BCUT2D eigenvalue weighted by Gasteiger charge is -2.20. The van der Waals surface area contributed by atoms with Crippen LogP contribution in [-0.2, 0) is 5.41 Å². The van der Waals surface area contributed by atoms with Gasteiger partial charge < -0.3 is 9.52 Å². The molecule has 4 rings (SSSR count). The van der Waals surface area contributed by atoms with Gasteiger partial charge in [0.2, 0.25) is 0 Å². The van der Waals surface area contributed by atoms with Gasteiger partial charge in [-0.1, -0.05) is 37.1 Å². The second kappa shape index (κ2) is 6.73. The quantitative estimate of drug-likeness (QED) is 0.548. The third-order valence-electron chi connectivity index (χ3n) is 5.25. The number of rotatable bonds is 3. The van der Waals surface area contributed by atoms with Gasteiger partial charge in [-0.2, -0.15) is 5.26 Å². The average Bonchev–Trinajstić information content (AvgIpc) is 3.19. The Morgan fingerprint density at radius 1 is 1.11 bits per heavy atom. The highest BCUT2D eigenvalue weighted by Crippen LogP contribution is 2.40. The van der Waals surface area contributed by atoms with Crippen LogP contribution in [0.25, 0.3) is 11.0 Å². The molecular weight excluding hydrogens is 340 g/mol. The van der Waals surface area contributed by atoms with Gasteiger partial charge in [0.15, 0.2) is 0 Å². The van der Waals surface area contributed by atoms with Crippen molar-refractivity contribution in [1.82, 2.24) is 0 Å². The molecule has 1 aromatic heterocycles. The van der Waals surface area contributed by atoms with Crippen LogP contribution in [-0.4, -0.2) is 11.3 Å². The summed E-state index contributed by atoms with van der Waals surface area (Å²) in [6, 6.07) is 16.8. The average molecular weight is 358 g/mol. The predicted octanol–water partition coefficient (Wildman–Crippen LogP) is 4.58. The molecule has 5 nitrogen and oxygen atoms in total. The standard InChI is InChI=1S/C22H18N2O3/c23-14-22(11-3-4-12-22)15-7-9-16(10-8-15)24-13-18-20(25)17-5-1-2-6-19(17)27-21(18)26/h1-2,5-10,13,25H,3-4,11-12H2. The van der Waals surface area contributed by atoms with Crippen molar-refractivity contribution in [2.24, 2.45) is 4.99 Å². The van der Waals surface area contributed by atoms with Crippen molar-refractivity contribution in [1.29, 1.82) is 5.26 Å². The van der Waals surface area contributed by atoms with Crippen LogP contribution in [0.15, 0.2) is 62.7 Å². The minimum absolute atomic E-state index is 0.0158. The summed E-state index contributed by atoms with van der Waals surface area (Å²) in [4.78, 5) is 16.4. The molecule has 5 heteroatoms. The molecule has 134 valence electrons. The molecule has 0 aliphatic heterocycles. The Hall–Kier alpha value is -3.39. The van der Waals surface area contributed by atoms with Gasteiger partial charge in [0.05, 0.1) is 22.6 Å². The van der Waals surface area contributed by atoms with Crippen LogP contribution in [0.5, 0.6) is 5.75 Å². The van der Waals surface area contributed by atoms with Crippen molar-refractivity contribution in [3.63, 3.8) is 0 Å². The SMILES string of the molecule is N#CC1(c2ccc(N=Cc3c(O)c4ccccc4oc3=O)cc2)CCCC1. The summed E-state index contributed by atoms with van der Waals surface area (Å²) in [5.74, 6) is -0.142. The fourth-order valence-electron chi connectivity index (χ4n) is 3.71. The van der Waals surface area contributed by atoms with Crippen LogP contribution >= 0.6 is 0 Å². The maximum absolute atomic E-state index is 12.1. The van der Waals surface area contributed by atoms with Crippen molar-refractivity contribution >= 4 is 22.9 Å². The van der Waals surface area contributed by atoms with Gasteiger partial charge in [0.1, 0.15) is 16.9 Å². The molecule has 1 aliphatic rings. The summed E-state index contributed by atoms with van der Waals surface area (Å²) < 4.78 is 5.23. The number of nitriles is 1. The van der Waals surface area contributed by atoms with E-state index in [0.29, 0.717) is 16.7 Å². The zero-order chi connectivity index (χ0) is 18.9. The van der Waals surface area contributed by atoms with Gasteiger partial charge in [-0.3, -0.25) is 4.99 Å². The molecule has 1 heterocycles. The summed E-state index contributed by atoms with van der Waals surface area (Å²) in [6.45, 7) is 0. The van der Waals surface area contributed by atoms with Gasteiger partial charge in [-0.05, 0) is 42.7 Å². The molecule has 0 amide bonds. The van der Waals surface area contributed by atoms with Crippen LogP contribution in [0.1, 0.15) is 36.8 Å². The summed E-state index contributed by atoms with van der Waals surface area (Å²) in [5.41, 5.74) is 0.967. The zero-order valence-corrected chi connectivity index (χ0v) is 14.7. The van der Waals surface area contributed by atoms with Gasteiger partial charge in [0.25, 0.3) is 0 Å². The minimum atomic E-state index is -0.638. The van der Waals surface area contributed by atoms with Crippen LogP contribution in [0.2, 0.25) is 0 Å². The van der Waals surface area contributed by atoms with Gasteiger partial charge >= 0.3 is 5.63 Å². The van der Waals surface area contributed by atoms with Gasteiger partial charge in [-0.25, -0.2) is 4.79 Å². The van der Waals surface area contributed by atoms with E-state index in [0.717, 1.165) is 31.2 Å². The summed E-state index contributed by atoms with van der Waals surface area (Å²) in [7, 11) is 0. The number of aromatic hydroxyl groups is 1. The van der Waals surface area contributed by atoms with E-state index >= 15 is 0 Å². The first kappa shape index (κ1) is 17.0. The third-order valence-corrected chi connectivity index (χ3v) is 5.25. The lowest BCUT2D eigenvalue weighted by Crippen LogP contribution is -2.18. The number of nitrogens with zero attached hydrogens (tertiary/aromatic N) is 2. The molecule has 1 aliphatic carbocycles. The van der Waals surface area contributed by atoms with Gasteiger partial charge in [-0.15, -0.1) is 0 Å². The van der Waals surface area contributed by atoms with E-state index < -0.39 is 5.63 Å². The second-order valence-electron chi connectivity index (χ2n) is 6.85. The Labute approximate surface area is 156 Å². The molecule has 1 fully saturated rings. The van der Waals surface area contributed by atoms with Gasteiger partial charge in [0, 0.05) is 6.21 Å². The van der Waals surface area contributed by atoms with E-state index in [1.165, 1.54) is 6.21 Å². The van der Waals surface area contributed by atoms with Crippen LogP contribution in [0.3, 0.4) is 0 Å². The van der Waals surface area contributed by atoms with E-state index in [9.17, 15) is 15.2 Å². The minimum Gasteiger partial charge on any atom is -0.506 e. The molecule has 0 radical (unpaired) electrons. The maximum Gasteiger partial charge on any atom is 0.348 e. The van der Waals surface area contributed by atoms with Crippen LogP contribution in [0, 0.1) is 11.3 Å². The highest BCUT2D eigenvalue weighted by Gasteiger charge is 2.35. The molecule has 0 bridgehead atoms. The normalized spacial score (nSPS) is 16.0. The number of hydrogen-bond acceptors (Lipinski definition) is 5. The van der Waals surface area contributed by atoms with E-state index in [1.54, 1.807) is 24.3 Å². The predicted molar refractivity (Wildman–Crippen MR) is 104 cm³/mol. The van der Waals surface area contributed by atoms with Crippen molar-refractivity contribution in [3.8, 4) is 11.8 Å². The third kappa shape index (κ3) is 3.00. The molecule has 0 unspecified atom stereocenters. The lowest BCUT2D eigenvalue weighted by atomic mass is 9.80. The van der Waals surface area contributed by atoms with Crippen molar-refractivity contribution in [2.75, 3.05) is 0 Å². The van der Waals surface area contributed by atoms with E-state index in [4.69, 9.17) is 4.42 Å². The first-order valence-electron chi connectivity index (χ1n) is 8.94. The Balaban J connectivity index is 1.65. The smallest absolute Gasteiger partial charge is 0.348 e. The van der Waals surface area contributed by atoms with Crippen molar-refractivity contribution in [3.05, 3.63) is 70.1 Å². The van der Waals surface area contributed by atoms with Crippen LogP contribution in [0.4, 0.5) is 5.69 Å². The van der Waals surface area contributed by atoms with E-state index in [2.05, 4.69) is 11.1 Å². The molecule has 0 atom stereocenters. The highest BCUT2D eigenvalue weighted by molar-refractivity contribution is 5.94. The molecule has 0 spiro atoms. The van der Waals surface area contributed by atoms with E-state index in [1.807, 2.05) is 24.3 Å². The summed E-state index contributed by atoms with van der Waals surface area (Å²) in [5, 5.41) is 20.4. The Morgan fingerprint density at radius 2 is 1.81 bits per heavy atom. The second-order valence-corrected chi connectivity index (χ2v) is 6.85. The number of aliphatic imine (C=N–C) groups is 1. The molecule has 3 aromatic rings. The maximum atomic E-state index is 12.1. The number of fused-ring (bicyclic) bond motifs is 1. The Bertz CT molecular complexity index is 1110. The van der Waals surface area contributed by atoms with Crippen molar-refractivity contribution < 1.29 is 9.52 Å². The Morgan fingerprint density at radius 3 is 2.52 bits per heavy atom. The number of benzene rings is 2. The summed E-state index contributed by atoms with van der Waals surface area (Å²) in [6.07, 6.45) is 5.24. The highest BCUT2D eigenvalue weighted by atomic mass is 16.4. The Kier molecular flexibility index (Phi) is 4.25. The molecule has 1 saturated carbocycles. The monoisotopic (exact) mass is 358 g/mol. The molecule has 27 heavy (non-hydrogen) atoms. The van der Waals surface area contributed by atoms with E-state index in [-0.39, 0.29) is 16.7 Å². The van der Waals surface area contributed by atoms with Crippen LogP contribution < -0.4 is 5.63 Å². The lowest BCUT2D eigenvalue weighted by molar-refractivity contribution is 0.466. The fraction of sp³-hybridized carbons (Fsp3) is 0.227. The number of para-hydroxylation sites is 1. The topological polar surface area (TPSA) is 86.6 Å². The largest absolute Gasteiger partial charge is 0.506 e. The molecular formula is C22H18N2O3. The zero-order valence-electron chi connectivity index (χ0n) is 14.7. The molecule has 2 aromatic carbocycles. The molecule has 1 N–H and O–H groups in total. The molecule has 0 saturated heterocycles. The fourth-order valence-corrected chi connectivity index (χ4v) is 3.71. The first-order valence-corrected chi connectivity index (χ1v) is 8.94. The number of hydrogen-bond donors (Lipinski definition) is 1. The first-order chi connectivity index (χ1) is 13.1.